The Balaban J connectivity index is 1.67. The molecule has 202 valence electrons. The largest absolute Gasteiger partial charge is 0.497 e. The van der Waals surface area contributed by atoms with Crippen molar-refractivity contribution in [3.63, 3.8) is 0 Å². The zero-order chi connectivity index (χ0) is 27.9. The Morgan fingerprint density at radius 1 is 1.05 bits per heavy atom. The molecule has 0 bridgehead atoms. The molecule has 10 nitrogen and oxygen atoms in total. The number of nitrogens with one attached hydrogen (secondary N) is 2. The quantitative estimate of drug-likeness (QED) is 0.246. The molecule has 3 N–H and O–H groups in total. The first-order valence-electron chi connectivity index (χ1n) is 12.4. The predicted molar refractivity (Wildman–Crippen MR) is 146 cm³/mol. The van der Waals surface area contributed by atoms with E-state index in [2.05, 4.69) is 10.6 Å². The van der Waals surface area contributed by atoms with Crippen LogP contribution >= 0.6 is 0 Å². The maximum Gasteiger partial charge on any atom is 0.325 e. The van der Waals surface area contributed by atoms with E-state index in [4.69, 9.17) is 14.5 Å². The highest BCUT2D eigenvalue weighted by molar-refractivity contribution is 5.96. The van der Waals surface area contributed by atoms with Gasteiger partial charge in [-0.15, -0.1) is 0 Å². The number of pyridine rings is 1. The molecule has 2 aromatic carbocycles. The summed E-state index contributed by atoms with van der Waals surface area (Å²) < 4.78 is 12.0. The number of methoxy groups -OCH3 is 1. The van der Waals surface area contributed by atoms with Gasteiger partial charge >= 0.3 is 11.9 Å². The lowest BCUT2D eigenvalue weighted by atomic mass is 10.0. The molecule has 0 aliphatic carbocycles. The second-order valence-corrected chi connectivity index (χ2v) is 8.87. The molecule has 10 heteroatoms. The number of carboxylic acids is 1. The molecule has 0 radical (unpaired) electrons. The fourth-order valence-corrected chi connectivity index (χ4v) is 4.14. The van der Waals surface area contributed by atoms with E-state index in [0.717, 1.165) is 11.1 Å². The first-order chi connectivity index (χ1) is 18.8. The van der Waals surface area contributed by atoms with Crippen LogP contribution in [0.15, 0.2) is 66.9 Å². The number of rotatable bonds is 11. The average Bonchev–Trinajstić information content (AvgIpc) is 3.29. The number of carbonyl (C=O) groups excluding carboxylic acids is 2. The lowest BCUT2D eigenvalue weighted by Crippen LogP contribution is -2.30. The van der Waals surface area contributed by atoms with Gasteiger partial charge in [0.25, 0.3) is 5.91 Å². The molecular weight excluding hydrogens is 500 g/mol. The summed E-state index contributed by atoms with van der Waals surface area (Å²) in [7, 11) is 1.58. The number of aliphatic carboxylic acids is 1. The molecular formula is C29H30N4O6. The summed E-state index contributed by atoms with van der Waals surface area (Å²) in [4.78, 5) is 41.5. The number of carboxylic acid groups (broad SMARTS) is 1. The molecule has 2 aromatic heterocycles. The minimum absolute atomic E-state index is 0.0690. The van der Waals surface area contributed by atoms with Crippen LogP contribution < -0.4 is 15.4 Å². The van der Waals surface area contributed by atoms with E-state index in [1.807, 2.05) is 43.3 Å². The van der Waals surface area contributed by atoms with Gasteiger partial charge in [-0.1, -0.05) is 29.8 Å². The zero-order valence-electron chi connectivity index (χ0n) is 21.9. The van der Waals surface area contributed by atoms with Gasteiger partial charge in [0.1, 0.15) is 29.5 Å². The Morgan fingerprint density at radius 3 is 2.41 bits per heavy atom. The number of aryl methyl sites for hydroxylation is 1. The number of imidazole rings is 1. The van der Waals surface area contributed by atoms with E-state index in [0.29, 0.717) is 34.0 Å². The molecule has 1 atom stereocenters. The Bertz CT molecular complexity index is 1480. The van der Waals surface area contributed by atoms with Gasteiger partial charge in [0.2, 0.25) is 0 Å². The van der Waals surface area contributed by atoms with Crippen molar-refractivity contribution < 1.29 is 29.0 Å². The molecule has 1 unspecified atom stereocenters. The van der Waals surface area contributed by atoms with Crippen molar-refractivity contribution in [2.45, 2.75) is 26.3 Å². The lowest BCUT2D eigenvalue weighted by Gasteiger charge is -2.18. The molecule has 0 saturated heterocycles. The second-order valence-electron chi connectivity index (χ2n) is 8.87. The Labute approximate surface area is 225 Å². The van der Waals surface area contributed by atoms with Gasteiger partial charge in [0, 0.05) is 17.3 Å². The highest BCUT2D eigenvalue weighted by Crippen LogP contribution is 2.30. The summed E-state index contributed by atoms with van der Waals surface area (Å²) >= 11 is 0. The summed E-state index contributed by atoms with van der Waals surface area (Å²) in [5.74, 6) is -0.624. The first-order valence-corrected chi connectivity index (χ1v) is 12.4. The molecule has 4 aromatic rings. The molecule has 39 heavy (non-hydrogen) atoms. The average molecular weight is 531 g/mol. The molecule has 1 amide bonds. The predicted octanol–water partition coefficient (Wildman–Crippen LogP) is 4.24. The number of carbonyl (C=O) groups is 3. The van der Waals surface area contributed by atoms with Gasteiger partial charge in [0.05, 0.1) is 26.2 Å². The summed E-state index contributed by atoms with van der Waals surface area (Å²) in [6.45, 7) is 3.87. The van der Waals surface area contributed by atoms with E-state index in [9.17, 15) is 19.5 Å². The number of ether oxygens (including phenoxy) is 2. The SMILES string of the molecule is CCOC(=O)CNc1c(-c2ccc(OC)cc2)nc2cc(C(=O)NC(CC(=O)O)c3ccc(C)cc3)ccn12. The Hall–Kier alpha value is -4.86. The Kier molecular flexibility index (Phi) is 8.45. The van der Waals surface area contributed by atoms with E-state index < -0.39 is 23.9 Å². The number of nitrogens with zero attached hydrogens (tertiary/aromatic N) is 2. The minimum atomic E-state index is -1.02. The number of fused-ring (bicyclic) bond motifs is 1. The fraction of sp³-hybridized carbons (Fsp3) is 0.241. The topological polar surface area (TPSA) is 131 Å². The number of amides is 1. The number of aromatic nitrogens is 2. The van der Waals surface area contributed by atoms with Gasteiger partial charge in [-0.05, 0) is 55.8 Å². The van der Waals surface area contributed by atoms with Crippen molar-refractivity contribution in [3.8, 4) is 17.0 Å². The monoisotopic (exact) mass is 530 g/mol. The molecule has 0 spiro atoms. The molecule has 0 aliphatic heterocycles. The molecule has 0 saturated carbocycles. The third-order valence-electron chi connectivity index (χ3n) is 6.12. The van der Waals surface area contributed by atoms with E-state index in [1.54, 1.807) is 48.9 Å². The van der Waals surface area contributed by atoms with Crippen molar-refractivity contribution in [3.05, 3.63) is 83.6 Å². The smallest absolute Gasteiger partial charge is 0.325 e. The number of anilines is 1. The highest BCUT2D eigenvalue weighted by Gasteiger charge is 2.21. The number of esters is 1. The Morgan fingerprint density at radius 2 is 1.77 bits per heavy atom. The van der Waals surface area contributed by atoms with Crippen LogP contribution in [0.5, 0.6) is 5.75 Å². The van der Waals surface area contributed by atoms with Gasteiger partial charge in [-0.2, -0.15) is 0 Å². The third-order valence-corrected chi connectivity index (χ3v) is 6.12. The van der Waals surface area contributed by atoms with Crippen LogP contribution in [-0.4, -0.2) is 52.6 Å². The normalized spacial score (nSPS) is 11.6. The van der Waals surface area contributed by atoms with Crippen LogP contribution in [0.25, 0.3) is 16.9 Å². The maximum absolute atomic E-state index is 13.2. The second kappa shape index (κ2) is 12.1. The third kappa shape index (κ3) is 6.53. The van der Waals surface area contributed by atoms with Crippen LogP contribution in [0.1, 0.15) is 40.9 Å². The van der Waals surface area contributed by atoms with E-state index in [1.165, 1.54) is 0 Å². The minimum Gasteiger partial charge on any atom is -0.497 e. The van der Waals surface area contributed by atoms with Crippen molar-refractivity contribution in [1.29, 1.82) is 0 Å². The highest BCUT2D eigenvalue weighted by atomic mass is 16.5. The van der Waals surface area contributed by atoms with Gasteiger partial charge < -0.3 is 25.2 Å². The fourth-order valence-electron chi connectivity index (χ4n) is 4.14. The van der Waals surface area contributed by atoms with Crippen molar-refractivity contribution in [1.82, 2.24) is 14.7 Å². The summed E-state index contributed by atoms with van der Waals surface area (Å²) in [6.07, 6.45) is 1.42. The molecule has 0 fully saturated rings. The van der Waals surface area contributed by atoms with E-state index >= 15 is 0 Å². The van der Waals surface area contributed by atoms with Crippen LogP contribution in [-0.2, 0) is 14.3 Å². The van der Waals surface area contributed by atoms with Crippen LogP contribution in [0, 0.1) is 6.92 Å². The van der Waals surface area contributed by atoms with Gasteiger partial charge in [-0.3, -0.25) is 18.8 Å². The summed E-state index contributed by atoms with van der Waals surface area (Å²) in [5.41, 5.74) is 3.85. The standard InChI is InChI=1S/C29H30N4O6/c1-4-39-26(36)17-30-28-27(20-9-11-22(38-3)12-10-20)32-24-15-21(13-14-33(24)28)29(37)31-23(16-25(34)35)19-7-5-18(2)6-8-19/h5-15,23,30H,4,16-17H2,1-3H3,(H,31,37)(H,34,35). The van der Waals surface area contributed by atoms with Crippen molar-refractivity contribution in [2.75, 3.05) is 25.6 Å². The molecule has 0 aliphatic rings. The van der Waals surface area contributed by atoms with Crippen LogP contribution in [0.4, 0.5) is 5.82 Å². The van der Waals surface area contributed by atoms with Crippen molar-refractivity contribution >= 4 is 29.3 Å². The first kappa shape index (κ1) is 27.2. The maximum atomic E-state index is 13.2. The zero-order valence-corrected chi connectivity index (χ0v) is 21.9. The summed E-state index contributed by atoms with van der Waals surface area (Å²) in [5, 5.41) is 15.4. The number of benzene rings is 2. The number of hydrogen-bond donors (Lipinski definition) is 3. The molecule has 2 heterocycles. The van der Waals surface area contributed by atoms with Crippen molar-refractivity contribution in [2.24, 2.45) is 0 Å². The summed E-state index contributed by atoms with van der Waals surface area (Å²) in [6, 6.07) is 17.2. The van der Waals surface area contributed by atoms with Gasteiger partial charge in [0.15, 0.2) is 0 Å². The molecule has 4 rings (SSSR count). The van der Waals surface area contributed by atoms with Gasteiger partial charge in [-0.25, -0.2) is 4.98 Å². The number of hydrogen-bond acceptors (Lipinski definition) is 7. The lowest BCUT2D eigenvalue weighted by molar-refractivity contribution is -0.141. The van der Waals surface area contributed by atoms with Crippen LogP contribution in [0.3, 0.4) is 0 Å². The van der Waals surface area contributed by atoms with Crippen LogP contribution in [0.2, 0.25) is 0 Å². The van der Waals surface area contributed by atoms with E-state index in [-0.39, 0.29) is 19.6 Å².